The van der Waals surface area contributed by atoms with Crippen molar-refractivity contribution in [2.75, 3.05) is 53.0 Å². The first-order valence-corrected chi connectivity index (χ1v) is 8.66. The van der Waals surface area contributed by atoms with Gasteiger partial charge in [0.05, 0.1) is 13.2 Å². The molecule has 0 aromatic carbocycles. The van der Waals surface area contributed by atoms with Gasteiger partial charge in [0, 0.05) is 51.8 Å². The zero-order valence-corrected chi connectivity index (χ0v) is 14.5. The zero-order valence-electron chi connectivity index (χ0n) is 14.5. The summed E-state index contributed by atoms with van der Waals surface area (Å²) in [5.41, 5.74) is 5.85. The van der Waals surface area contributed by atoms with Crippen LogP contribution in [0.15, 0.2) is 4.99 Å². The molecular formula is C16H31N5O2. The summed E-state index contributed by atoms with van der Waals surface area (Å²) in [7, 11) is 1.67. The Balaban J connectivity index is 1.61. The van der Waals surface area contributed by atoms with Crippen LogP contribution in [0.4, 0.5) is 0 Å². The van der Waals surface area contributed by atoms with Crippen LogP contribution in [0, 0.1) is 5.92 Å². The molecule has 1 aliphatic carbocycles. The van der Waals surface area contributed by atoms with Crippen LogP contribution in [0.1, 0.15) is 26.2 Å². The van der Waals surface area contributed by atoms with E-state index in [9.17, 15) is 4.79 Å². The molecule has 0 aromatic heterocycles. The number of hydrogen-bond acceptors (Lipinski definition) is 4. The summed E-state index contributed by atoms with van der Waals surface area (Å²) >= 11 is 0. The van der Waals surface area contributed by atoms with E-state index in [0.717, 1.165) is 45.6 Å². The number of nitrogens with two attached hydrogens (primary N) is 1. The number of hydrogen-bond donors (Lipinski definition) is 2. The predicted octanol–water partition coefficient (Wildman–Crippen LogP) is -0.130. The molecule has 1 atom stereocenters. The first-order valence-electron chi connectivity index (χ1n) is 8.66. The number of ether oxygens (including phenoxy) is 1. The zero-order chi connectivity index (χ0) is 16.7. The van der Waals surface area contributed by atoms with Crippen LogP contribution in [0.5, 0.6) is 0 Å². The molecule has 132 valence electrons. The highest BCUT2D eigenvalue weighted by atomic mass is 16.5. The number of rotatable bonds is 7. The Labute approximate surface area is 139 Å². The Morgan fingerprint density at radius 3 is 2.61 bits per heavy atom. The Hall–Kier alpha value is -1.34. The molecule has 0 spiro atoms. The normalized spacial score (nSPS) is 21.8. The SMILES string of the molecule is COCC(C)NC(N)=NCCN1CCN(C(=O)C2CCC2)CC1. The summed E-state index contributed by atoms with van der Waals surface area (Å²) in [6.07, 6.45) is 3.38. The fraction of sp³-hybridized carbons (Fsp3) is 0.875. The summed E-state index contributed by atoms with van der Waals surface area (Å²) in [5, 5.41) is 3.10. The number of amides is 1. The Kier molecular flexibility index (Phi) is 7.11. The molecule has 1 saturated carbocycles. The lowest BCUT2D eigenvalue weighted by Gasteiger charge is -2.38. The molecule has 2 rings (SSSR count). The first kappa shape index (κ1) is 18.0. The fourth-order valence-corrected chi connectivity index (χ4v) is 3.01. The van der Waals surface area contributed by atoms with Crippen LogP contribution < -0.4 is 11.1 Å². The van der Waals surface area contributed by atoms with Gasteiger partial charge >= 0.3 is 0 Å². The Bertz CT molecular complexity index is 403. The largest absolute Gasteiger partial charge is 0.383 e. The lowest BCUT2D eigenvalue weighted by Crippen LogP contribution is -2.51. The highest BCUT2D eigenvalue weighted by Crippen LogP contribution is 2.28. The van der Waals surface area contributed by atoms with Gasteiger partial charge in [-0.25, -0.2) is 0 Å². The molecule has 0 bridgehead atoms. The van der Waals surface area contributed by atoms with E-state index < -0.39 is 0 Å². The number of guanidine groups is 1. The van der Waals surface area contributed by atoms with Crippen molar-refractivity contribution < 1.29 is 9.53 Å². The molecular weight excluding hydrogens is 294 g/mol. The molecule has 23 heavy (non-hydrogen) atoms. The molecule has 7 nitrogen and oxygen atoms in total. The average Bonchev–Trinajstić information content (AvgIpc) is 2.46. The minimum absolute atomic E-state index is 0.157. The maximum atomic E-state index is 12.2. The van der Waals surface area contributed by atoms with E-state index in [1.165, 1.54) is 6.42 Å². The number of methoxy groups -OCH3 is 1. The summed E-state index contributed by atoms with van der Waals surface area (Å²) in [6, 6.07) is 0.157. The standard InChI is InChI=1S/C16H31N5O2/c1-13(12-23-2)19-16(17)18-6-7-20-8-10-21(11-9-20)15(22)14-4-3-5-14/h13-14H,3-12H2,1-2H3,(H3,17,18,19). The summed E-state index contributed by atoms with van der Waals surface area (Å²) in [6.45, 7) is 7.72. The second-order valence-electron chi connectivity index (χ2n) is 6.56. The van der Waals surface area contributed by atoms with Gasteiger partial charge in [0.15, 0.2) is 5.96 Å². The van der Waals surface area contributed by atoms with Crippen molar-refractivity contribution in [2.45, 2.75) is 32.2 Å². The maximum absolute atomic E-state index is 12.2. The third-order valence-electron chi connectivity index (χ3n) is 4.65. The van der Waals surface area contributed by atoms with E-state index in [0.29, 0.717) is 30.9 Å². The third kappa shape index (κ3) is 5.66. The number of piperazine rings is 1. The fourth-order valence-electron chi connectivity index (χ4n) is 3.01. The van der Waals surface area contributed by atoms with Gasteiger partial charge in [-0.1, -0.05) is 6.42 Å². The summed E-state index contributed by atoms with van der Waals surface area (Å²) in [4.78, 5) is 20.9. The van der Waals surface area contributed by atoms with Crippen LogP contribution >= 0.6 is 0 Å². The van der Waals surface area contributed by atoms with Gasteiger partial charge in [0.1, 0.15) is 0 Å². The maximum Gasteiger partial charge on any atom is 0.225 e. The van der Waals surface area contributed by atoms with Crippen LogP contribution in [-0.2, 0) is 9.53 Å². The molecule has 1 unspecified atom stereocenters. The van der Waals surface area contributed by atoms with Crippen molar-refractivity contribution in [1.82, 2.24) is 15.1 Å². The highest BCUT2D eigenvalue weighted by molar-refractivity contribution is 5.79. The third-order valence-corrected chi connectivity index (χ3v) is 4.65. The molecule has 2 fully saturated rings. The van der Waals surface area contributed by atoms with Crippen molar-refractivity contribution in [2.24, 2.45) is 16.6 Å². The molecule has 7 heteroatoms. The Morgan fingerprint density at radius 1 is 1.35 bits per heavy atom. The molecule has 1 aliphatic heterocycles. The van der Waals surface area contributed by atoms with Gasteiger partial charge in [-0.05, 0) is 19.8 Å². The van der Waals surface area contributed by atoms with E-state index in [1.807, 2.05) is 11.8 Å². The molecule has 0 aromatic rings. The number of carbonyl (C=O) groups is 1. The molecule has 3 N–H and O–H groups in total. The van der Waals surface area contributed by atoms with Crippen molar-refractivity contribution in [3.05, 3.63) is 0 Å². The molecule has 0 radical (unpaired) electrons. The monoisotopic (exact) mass is 325 g/mol. The summed E-state index contributed by atoms with van der Waals surface area (Å²) in [5.74, 6) is 1.15. The lowest BCUT2D eigenvalue weighted by molar-refractivity contribution is -0.139. The van der Waals surface area contributed by atoms with E-state index in [1.54, 1.807) is 7.11 Å². The second-order valence-corrected chi connectivity index (χ2v) is 6.56. The highest BCUT2D eigenvalue weighted by Gasteiger charge is 2.30. The Morgan fingerprint density at radius 2 is 2.04 bits per heavy atom. The molecule has 1 heterocycles. The van der Waals surface area contributed by atoms with E-state index >= 15 is 0 Å². The summed E-state index contributed by atoms with van der Waals surface area (Å²) < 4.78 is 5.05. The van der Waals surface area contributed by atoms with Crippen LogP contribution in [0.2, 0.25) is 0 Å². The number of nitrogens with one attached hydrogen (secondary N) is 1. The van der Waals surface area contributed by atoms with Gasteiger partial charge in [-0.2, -0.15) is 0 Å². The number of carbonyl (C=O) groups excluding carboxylic acids is 1. The van der Waals surface area contributed by atoms with Gasteiger partial charge in [0.2, 0.25) is 5.91 Å². The van der Waals surface area contributed by atoms with E-state index in [4.69, 9.17) is 10.5 Å². The molecule has 1 amide bonds. The van der Waals surface area contributed by atoms with E-state index in [2.05, 4.69) is 15.2 Å². The van der Waals surface area contributed by atoms with Gasteiger partial charge in [-0.15, -0.1) is 0 Å². The van der Waals surface area contributed by atoms with Gasteiger partial charge in [0.25, 0.3) is 0 Å². The van der Waals surface area contributed by atoms with Crippen molar-refractivity contribution >= 4 is 11.9 Å². The number of aliphatic imine (C=N–C) groups is 1. The topological polar surface area (TPSA) is 83.2 Å². The quantitative estimate of drug-likeness (QED) is 0.503. The molecule has 1 saturated heterocycles. The van der Waals surface area contributed by atoms with Crippen molar-refractivity contribution in [1.29, 1.82) is 0 Å². The smallest absolute Gasteiger partial charge is 0.225 e. The molecule has 2 aliphatic rings. The average molecular weight is 325 g/mol. The van der Waals surface area contributed by atoms with Crippen LogP contribution in [-0.4, -0.2) is 80.7 Å². The van der Waals surface area contributed by atoms with Crippen LogP contribution in [0.25, 0.3) is 0 Å². The predicted molar refractivity (Wildman–Crippen MR) is 91.3 cm³/mol. The van der Waals surface area contributed by atoms with E-state index in [-0.39, 0.29) is 6.04 Å². The van der Waals surface area contributed by atoms with Gasteiger partial charge in [-0.3, -0.25) is 14.7 Å². The van der Waals surface area contributed by atoms with Crippen molar-refractivity contribution in [3.63, 3.8) is 0 Å². The lowest BCUT2D eigenvalue weighted by atomic mass is 9.84. The van der Waals surface area contributed by atoms with Crippen LogP contribution in [0.3, 0.4) is 0 Å². The second kappa shape index (κ2) is 9.08. The minimum atomic E-state index is 0.157. The number of nitrogens with zero attached hydrogens (tertiary/aromatic N) is 3. The van der Waals surface area contributed by atoms with Gasteiger partial charge < -0.3 is 20.7 Å². The van der Waals surface area contributed by atoms with Crippen molar-refractivity contribution in [3.8, 4) is 0 Å². The minimum Gasteiger partial charge on any atom is -0.383 e. The first-order chi connectivity index (χ1) is 11.1.